The van der Waals surface area contributed by atoms with Crippen molar-refractivity contribution in [2.45, 2.75) is 12.3 Å². The highest BCUT2D eigenvalue weighted by molar-refractivity contribution is 6.30. The molecule has 3 rings (SSSR count). The fraction of sp³-hybridized carbons (Fsp3) is 0.333. The first-order valence-electron chi connectivity index (χ1n) is 7.58. The molecule has 110 valence electrons. The molecule has 0 radical (unpaired) electrons. The minimum Gasteiger partial charge on any atom is -0.384 e. The van der Waals surface area contributed by atoms with E-state index in [1.165, 1.54) is 25.1 Å². The lowest BCUT2D eigenvalue weighted by atomic mass is 9.99. The van der Waals surface area contributed by atoms with Crippen LogP contribution in [0.25, 0.3) is 0 Å². The standard InChI is InChI=1S/C18H21ClN2/c19-17-6-8-18(9-7-17)20-11-13-21-12-10-16(14-21)15-4-2-1-3-5-15/h1-9,16,20H,10-14H2. The van der Waals surface area contributed by atoms with Gasteiger partial charge in [0, 0.05) is 30.3 Å². The van der Waals surface area contributed by atoms with Crippen molar-refractivity contribution >= 4 is 17.3 Å². The second-order valence-corrected chi connectivity index (χ2v) is 6.07. The highest BCUT2D eigenvalue weighted by Crippen LogP contribution is 2.26. The lowest BCUT2D eigenvalue weighted by molar-refractivity contribution is 0.348. The highest BCUT2D eigenvalue weighted by Gasteiger charge is 2.22. The van der Waals surface area contributed by atoms with Gasteiger partial charge in [-0.3, -0.25) is 0 Å². The second-order valence-electron chi connectivity index (χ2n) is 5.63. The zero-order valence-corrected chi connectivity index (χ0v) is 12.9. The fourth-order valence-electron chi connectivity index (χ4n) is 2.96. The van der Waals surface area contributed by atoms with Crippen molar-refractivity contribution in [3.8, 4) is 0 Å². The molecule has 2 aromatic rings. The molecule has 1 saturated heterocycles. The van der Waals surface area contributed by atoms with Crippen LogP contribution < -0.4 is 5.32 Å². The molecule has 0 aromatic heterocycles. The maximum Gasteiger partial charge on any atom is 0.0407 e. The van der Waals surface area contributed by atoms with E-state index < -0.39 is 0 Å². The van der Waals surface area contributed by atoms with E-state index >= 15 is 0 Å². The maximum atomic E-state index is 5.89. The van der Waals surface area contributed by atoms with Gasteiger partial charge in [0.05, 0.1) is 0 Å². The largest absolute Gasteiger partial charge is 0.384 e. The van der Waals surface area contributed by atoms with Crippen LogP contribution in [0.15, 0.2) is 54.6 Å². The van der Waals surface area contributed by atoms with Crippen LogP contribution in [0.3, 0.4) is 0 Å². The molecule has 2 aromatic carbocycles. The van der Waals surface area contributed by atoms with E-state index in [4.69, 9.17) is 11.6 Å². The molecule has 1 fully saturated rings. The number of likely N-dealkylation sites (tertiary alicyclic amines) is 1. The van der Waals surface area contributed by atoms with Crippen molar-refractivity contribution in [1.29, 1.82) is 0 Å². The Bertz CT molecular complexity index is 553. The molecule has 1 heterocycles. The van der Waals surface area contributed by atoms with E-state index in [-0.39, 0.29) is 0 Å². The first-order chi connectivity index (χ1) is 10.3. The summed E-state index contributed by atoms with van der Waals surface area (Å²) in [6, 6.07) is 18.8. The number of nitrogens with zero attached hydrogens (tertiary/aromatic N) is 1. The van der Waals surface area contributed by atoms with Gasteiger partial charge in [0.1, 0.15) is 0 Å². The van der Waals surface area contributed by atoms with Crippen LogP contribution in [0, 0.1) is 0 Å². The number of hydrogen-bond acceptors (Lipinski definition) is 2. The van der Waals surface area contributed by atoms with E-state index in [0.717, 1.165) is 23.8 Å². The van der Waals surface area contributed by atoms with Crippen LogP contribution in [0.4, 0.5) is 5.69 Å². The smallest absolute Gasteiger partial charge is 0.0407 e. The predicted molar refractivity (Wildman–Crippen MR) is 90.2 cm³/mol. The molecular formula is C18H21ClN2. The summed E-state index contributed by atoms with van der Waals surface area (Å²) in [5, 5.41) is 4.24. The Labute approximate surface area is 131 Å². The number of anilines is 1. The van der Waals surface area contributed by atoms with Gasteiger partial charge in [-0.1, -0.05) is 41.9 Å². The summed E-state index contributed by atoms with van der Waals surface area (Å²) in [6.45, 7) is 4.43. The highest BCUT2D eigenvalue weighted by atomic mass is 35.5. The Morgan fingerprint density at radius 2 is 1.81 bits per heavy atom. The second kappa shape index (κ2) is 6.97. The molecule has 0 aliphatic carbocycles. The normalized spacial score (nSPS) is 18.8. The van der Waals surface area contributed by atoms with Gasteiger partial charge in [0.2, 0.25) is 0 Å². The third-order valence-corrected chi connectivity index (χ3v) is 4.40. The van der Waals surface area contributed by atoms with Crippen LogP contribution in [0.5, 0.6) is 0 Å². The third-order valence-electron chi connectivity index (χ3n) is 4.14. The average molecular weight is 301 g/mol. The van der Waals surface area contributed by atoms with E-state index in [1.54, 1.807) is 0 Å². The first-order valence-corrected chi connectivity index (χ1v) is 7.96. The van der Waals surface area contributed by atoms with E-state index in [2.05, 4.69) is 40.5 Å². The number of rotatable bonds is 5. The van der Waals surface area contributed by atoms with Gasteiger partial charge >= 0.3 is 0 Å². The molecule has 0 amide bonds. The zero-order valence-electron chi connectivity index (χ0n) is 12.1. The minimum atomic E-state index is 0.696. The molecule has 0 spiro atoms. The van der Waals surface area contributed by atoms with Crippen LogP contribution in [-0.2, 0) is 0 Å². The van der Waals surface area contributed by atoms with Gasteiger partial charge in [-0.25, -0.2) is 0 Å². The van der Waals surface area contributed by atoms with Gasteiger partial charge < -0.3 is 10.2 Å². The molecule has 0 saturated carbocycles. The number of hydrogen-bond donors (Lipinski definition) is 1. The number of nitrogens with one attached hydrogen (secondary N) is 1. The monoisotopic (exact) mass is 300 g/mol. The Morgan fingerprint density at radius 1 is 1.05 bits per heavy atom. The Balaban J connectivity index is 1.44. The molecule has 1 N–H and O–H groups in total. The summed E-state index contributed by atoms with van der Waals surface area (Å²) in [4.78, 5) is 2.54. The van der Waals surface area contributed by atoms with Crippen molar-refractivity contribution in [1.82, 2.24) is 4.90 Å². The quantitative estimate of drug-likeness (QED) is 0.888. The van der Waals surface area contributed by atoms with Crippen molar-refractivity contribution in [3.63, 3.8) is 0 Å². The number of halogens is 1. The average Bonchev–Trinajstić information content (AvgIpc) is 2.99. The first kappa shape index (κ1) is 14.4. The fourth-order valence-corrected chi connectivity index (χ4v) is 3.09. The maximum absolute atomic E-state index is 5.89. The molecule has 1 aliphatic rings. The van der Waals surface area contributed by atoms with Gasteiger partial charge in [0.15, 0.2) is 0 Å². The van der Waals surface area contributed by atoms with Crippen molar-refractivity contribution < 1.29 is 0 Å². The molecular weight excluding hydrogens is 280 g/mol. The molecule has 0 bridgehead atoms. The van der Waals surface area contributed by atoms with E-state index in [1.807, 2.05) is 24.3 Å². The van der Waals surface area contributed by atoms with Crippen LogP contribution in [0.1, 0.15) is 17.9 Å². The molecule has 1 aliphatic heterocycles. The molecule has 3 heteroatoms. The van der Waals surface area contributed by atoms with Gasteiger partial charge in [0.25, 0.3) is 0 Å². The molecule has 2 nitrogen and oxygen atoms in total. The Morgan fingerprint density at radius 3 is 2.57 bits per heavy atom. The van der Waals surface area contributed by atoms with Crippen LogP contribution >= 0.6 is 11.6 Å². The summed E-state index contributed by atoms with van der Waals surface area (Å²) in [5.41, 5.74) is 2.61. The van der Waals surface area contributed by atoms with Crippen molar-refractivity contribution in [2.75, 3.05) is 31.5 Å². The third kappa shape index (κ3) is 3.99. The number of benzene rings is 2. The van der Waals surface area contributed by atoms with Gasteiger partial charge in [-0.15, -0.1) is 0 Å². The Hall–Kier alpha value is -1.51. The van der Waals surface area contributed by atoms with E-state index in [9.17, 15) is 0 Å². The summed E-state index contributed by atoms with van der Waals surface area (Å²) >= 11 is 5.89. The molecule has 1 unspecified atom stereocenters. The SMILES string of the molecule is Clc1ccc(NCCN2CCC(c3ccccc3)C2)cc1. The van der Waals surface area contributed by atoms with Crippen molar-refractivity contribution in [3.05, 3.63) is 65.2 Å². The summed E-state index contributed by atoms with van der Waals surface area (Å²) in [7, 11) is 0. The van der Waals surface area contributed by atoms with E-state index in [0.29, 0.717) is 5.92 Å². The molecule has 1 atom stereocenters. The van der Waals surface area contributed by atoms with Gasteiger partial charge in [-0.2, -0.15) is 0 Å². The lowest BCUT2D eigenvalue weighted by Gasteiger charge is -2.17. The summed E-state index contributed by atoms with van der Waals surface area (Å²) < 4.78 is 0. The predicted octanol–water partition coefficient (Wildman–Crippen LogP) is 4.24. The lowest BCUT2D eigenvalue weighted by Crippen LogP contribution is -2.26. The molecule has 21 heavy (non-hydrogen) atoms. The van der Waals surface area contributed by atoms with Gasteiger partial charge in [-0.05, 0) is 48.7 Å². The summed E-state index contributed by atoms with van der Waals surface area (Å²) in [6.07, 6.45) is 1.27. The Kier molecular flexibility index (Phi) is 4.79. The summed E-state index contributed by atoms with van der Waals surface area (Å²) in [5.74, 6) is 0.696. The zero-order chi connectivity index (χ0) is 14.5. The topological polar surface area (TPSA) is 15.3 Å². The van der Waals surface area contributed by atoms with Crippen LogP contribution in [0.2, 0.25) is 5.02 Å². The minimum absolute atomic E-state index is 0.696. The van der Waals surface area contributed by atoms with Crippen LogP contribution in [-0.4, -0.2) is 31.1 Å². The van der Waals surface area contributed by atoms with Crippen molar-refractivity contribution in [2.24, 2.45) is 0 Å².